The van der Waals surface area contributed by atoms with E-state index in [1.54, 1.807) is 22.3 Å². The van der Waals surface area contributed by atoms with Crippen molar-refractivity contribution in [2.75, 3.05) is 11.5 Å². The molecule has 30 heavy (non-hydrogen) atoms. The van der Waals surface area contributed by atoms with Gasteiger partial charge in [-0.15, -0.1) is 11.3 Å². The standard InChI is InChI=1S/C23H22N2O4S/c26-18-10-6-9-17(13-18)22(28)29-15-21(27)25(14-16-7-2-1-3-8-16)23-24-19-11-4-5-12-20(19)30-23/h1-3,6-10,13,26H,4-5,11-12,14-15H2. The topological polar surface area (TPSA) is 79.7 Å². The summed E-state index contributed by atoms with van der Waals surface area (Å²) in [5.41, 5.74) is 2.24. The van der Waals surface area contributed by atoms with Gasteiger partial charge in [0.05, 0.1) is 17.8 Å². The normalized spacial score (nSPS) is 12.8. The maximum absolute atomic E-state index is 13.0. The summed E-state index contributed by atoms with van der Waals surface area (Å²) in [5, 5.41) is 10.2. The van der Waals surface area contributed by atoms with Crippen molar-refractivity contribution in [3.8, 4) is 5.75 Å². The van der Waals surface area contributed by atoms with E-state index in [0.717, 1.165) is 36.9 Å². The van der Waals surface area contributed by atoms with Gasteiger partial charge < -0.3 is 9.84 Å². The Bertz CT molecular complexity index is 1020. The number of hydrogen-bond donors (Lipinski definition) is 1. The van der Waals surface area contributed by atoms with E-state index in [1.165, 1.54) is 23.1 Å². The maximum atomic E-state index is 13.0. The van der Waals surface area contributed by atoms with Gasteiger partial charge >= 0.3 is 5.97 Å². The van der Waals surface area contributed by atoms with E-state index in [4.69, 9.17) is 9.72 Å². The molecule has 0 saturated heterocycles. The molecular weight excluding hydrogens is 400 g/mol. The van der Waals surface area contributed by atoms with E-state index < -0.39 is 12.6 Å². The molecule has 0 aliphatic heterocycles. The Kier molecular flexibility index (Phi) is 6.09. The third-order valence-corrected chi connectivity index (χ3v) is 6.14. The largest absolute Gasteiger partial charge is 0.508 e. The van der Waals surface area contributed by atoms with Crippen LogP contribution in [0.1, 0.15) is 39.3 Å². The van der Waals surface area contributed by atoms with Crippen LogP contribution in [-0.4, -0.2) is 28.6 Å². The molecule has 0 saturated carbocycles. The van der Waals surface area contributed by atoms with E-state index in [0.29, 0.717) is 11.7 Å². The van der Waals surface area contributed by atoms with Gasteiger partial charge in [-0.3, -0.25) is 9.69 Å². The highest BCUT2D eigenvalue weighted by atomic mass is 32.1. The third kappa shape index (κ3) is 4.68. The van der Waals surface area contributed by atoms with Crippen LogP contribution in [0.25, 0.3) is 0 Å². The monoisotopic (exact) mass is 422 g/mol. The van der Waals surface area contributed by atoms with Gasteiger partial charge in [0.25, 0.3) is 5.91 Å². The predicted octanol–water partition coefficient (Wildman–Crippen LogP) is 4.12. The quantitative estimate of drug-likeness (QED) is 0.605. The number of fused-ring (bicyclic) bond motifs is 1. The zero-order valence-electron chi connectivity index (χ0n) is 16.4. The second kappa shape index (κ2) is 9.09. The molecule has 154 valence electrons. The summed E-state index contributed by atoms with van der Waals surface area (Å²) in [6.07, 6.45) is 4.19. The Morgan fingerprint density at radius 1 is 1.07 bits per heavy atom. The van der Waals surface area contributed by atoms with Gasteiger partial charge in [0.2, 0.25) is 0 Å². The summed E-state index contributed by atoms with van der Waals surface area (Å²) in [7, 11) is 0. The van der Waals surface area contributed by atoms with Gasteiger partial charge in [0.15, 0.2) is 11.7 Å². The number of phenolic OH excluding ortho intramolecular Hbond substituents is 1. The highest BCUT2D eigenvalue weighted by molar-refractivity contribution is 7.15. The lowest BCUT2D eigenvalue weighted by Crippen LogP contribution is -2.34. The molecule has 0 spiro atoms. The molecule has 0 fully saturated rings. The van der Waals surface area contributed by atoms with Crippen molar-refractivity contribution in [2.45, 2.75) is 32.2 Å². The first kappa shape index (κ1) is 20.1. The molecule has 1 aliphatic rings. The number of thiazole rings is 1. The maximum Gasteiger partial charge on any atom is 0.338 e. The zero-order valence-corrected chi connectivity index (χ0v) is 17.2. The average Bonchev–Trinajstić information content (AvgIpc) is 3.20. The highest BCUT2D eigenvalue weighted by Crippen LogP contribution is 2.32. The Hall–Kier alpha value is -3.19. The Balaban J connectivity index is 1.51. The predicted molar refractivity (Wildman–Crippen MR) is 115 cm³/mol. The van der Waals surface area contributed by atoms with Crippen LogP contribution < -0.4 is 4.90 Å². The molecule has 1 aromatic heterocycles. The summed E-state index contributed by atoms with van der Waals surface area (Å²) in [5.74, 6) is -1.02. The number of hydrogen-bond acceptors (Lipinski definition) is 6. The number of rotatable bonds is 6. The van der Waals surface area contributed by atoms with E-state index in [1.807, 2.05) is 30.3 Å². The van der Waals surface area contributed by atoms with Crippen molar-refractivity contribution in [3.63, 3.8) is 0 Å². The lowest BCUT2D eigenvalue weighted by molar-refractivity contribution is -0.121. The van der Waals surface area contributed by atoms with Gasteiger partial charge in [0, 0.05) is 4.88 Å². The van der Waals surface area contributed by atoms with E-state index in [9.17, 15) is 14.7 Å². The number of aromatic hydroxyl groups is 1. The molecule has 3 aromatic rings. The first-order valence-corrected chi connectivity index (χ1v) is 10.7. The lowest BCUT2D eigenvalue weighted by atomic mass is 10.0. The zero-order chi connectivity index (χ0) is 20.9. The van der Waals surface area contributed by atoms with Crippen LogP contribution in [0.15, 0.2) is 54.6 Å². The fourth-order valence-corrected chi connectivity index (χ4v) is 4.57. The van der Waals surface area contributed by atoms with Crippen molar-refractivity contribution in [3.05, 3.63) is 76.3 Å². The second-order valence-corrected chi connectivity index (χ2v) is 8.23. The van der Waals surface area contributed by atoms with Crippen molar-refractivity contribution in [2.24, 2.45) is 0 Å². The van der Waals surface area contributed by atoms with Gasteiger partial charge in [-0.25, -0.2) is 9.78 Å². The van der Waals surface area contributed by atoms with E-state index in [-0.39, 0.29) is 17.2 Å². The SMILES string of the molecule is O=C(OCC(=O)N(Cc1ccccc1)c1nc2c(s1)CCCC2)c1cccc(O)c1. The molecule has 1 aliphatic carbocycles. The number of nitrogens with zero attached hydrogens (tertiary/aromatic N) is 2. The van der Waals surface area contributed by atoms with Gasteiger partial charge in [0.1, 0.15) is 5.75 Å². The summed E-state index contributed by atoms with van der Waals surface area (Å²) in [4.78, 5) is 32.8. The summed E-state index contributed by atoms with van der Waals surface area (Å²) in [6.45, 7) is -0.0404. The number of ether oxygens (including phenoxy) is 1. The number of esters is 1. The summed E-state index contributed by atoms with van der Waals surface area (Å²) >= 11 is 1.54. The molecule has 0 atom stereocenters. The molecule has 6 nitrogen and oxygen atoms in total. The molecule has 2 aromatic carbocycles. The number of phenols is 1. The second-order valence-electron chi connectivity index (χ2n) is 7.17. The minimum absolute atomic E-state index is 0.0325. The lowest BCUT2D eigenvalue weighted by Gasteiger charge is -2.20. The molecular formula is C23H22N2O4S. The number of carbonyl (C=O) groups excluding carboxylic acids is 2. The molecule has 7 heteroatoms. The van der Waals surface area contributed by atoms with Crippen LogP contribution in [0.2, 0.25) is 0 Å². The molecule has 0 radical (unpaired) electrons. The Morgan fingerprint density at radius 2 is 1.87 bits per heavy atom. The number of amides is 1. The van der Waals surface area contributed by atoms with Crippen LogP contribution in [0.4, 0.5) is 5.13 Å². The van der Waals surface area contributed by atoms with Crippen molar-refractivity contribution >= 4 is 28.3 Å². The molecule has 1 heterocycles. The smallest absolute Gasteiger partial charge is 0.338 e. The molecule has 1 amide bonds. The van der Waals surface area contributed by atoms with Crippen LogP contribution in [0.5, 0.6) is 5.75 Å². The molecule has 4 rings (SSSR count). The van der Waals surface area contributed by atoms with E-state index in [2.05, 4.69) is 0 Å². The first-order chi connectivity index (χ1) is 14.6. The van der Waals surface area contributed by atoms with Crippen LogP contribution in [0.3, 0.4) is 0 Å². The van der Waals surface area contributed by atoms with Gasteiger partial charge in [-0.05, 0) is 49.4 Å². The van der Waals surface area contributed by atoms with Gasteiger partial charge in [-0.1, -0.05) is 36.4 Å². The Morgan fingerprint density at radius 3 is 2.63 bits per heavy atom. The van der Waals surface area contributed by atoms with Crippen LogP contribution in [-0.2, 0) is 28.9 Å². The van der Waals surface area contributed by atoms with Gasteiger partial charge in [-0.2, -0.15) is 0 Å². The number of aromatic nitrogens is 1. The Labute approximate surface area is 178 Å². The molecule has 1 N–H and O–H groups in total. The minimum atomic E-state index is -0.655. The fourth-order valence-electron chi connectivity index (χ4n) is 3.40. The highest BCUT2D eigenvalue weighted by Gasteiger charge is 2.24. The summed E-state index contributed by atoms with van der Waals surface area (Å²) < 4.78 is 5.22. The number of benzene rings is 2. The van der Waals surface area contributed by atoms with Crippen LogP contribution in [0, 0.1) is 0 Å². The number of anilines is 1. The first-order valence-electron chi connectivity index (χ1n) is 9.89. The van der Waals surface area contributed by atoms with Crippen molar-refractivity contribution in [1.29, 1.82) is 0 Å². The molecule has 0 unspecified atom stereocenters. The summed E-state index contributed by atoms with van der Waals surface area (Å²) in [6, 6.07) is 15.5. The van der Waals surface area contributed by atoms with E-state index >= 15 is 0 Å². The minimum Gasteiger partial charge on any atom is -0.508 e. The molecule has 0 bridgehead atoms. The number of carbonyl (C=O) groups is 2. The number of aryl methyl sites for hydroxylation is 2. The van der Waals surface area contributed by atoms with Crippen molar-refractivity contribution < 1.29 is 19.4 Å². The third-order valence-electron chi connectivity index (χ3n) is 4.96. The van der Waals surface area contributed by atoms with Crippen molar-refractivity contribution in [1.82, 2.24) is 4.98 Å². The average molecular weight is 423 g/mol. The fraction of sp³-hybridized carbons (Fsp3) is 0.261. The van der Waals surface area contributed by atoms with Crippen LogP contribution >= 0.6 is 11.3 Å².